The molecule has 0 radical (unpaired) electrons. The second-order valence-corrected chi connectivity index (χ2v) is 1.48. The maximum absolute atomic E-state index is 7.85. The minimum atomic E-state index is 0.561. The summed E-state index contributed by atoms with van der Waals surface area (Å²) in [5.74, 6) is 5.63. The summed E-state index contributed by atoms with van der Waals surface area (Å²) in [6.45, 7) is 2.36. The molecule has 0 heterocycles. The molecule has 0 rings (SSSR count). The number of rotatable bonds is 3. The maximum atomic E-state index is 7.85. The summed E-state index contributed by atoms with van der Waals surface area (Å²) in [6.07, 6.45) is 1.69. The van der Waals surface area contributed by atoms with Crippen molar-refractivity contribution < 1.29 is 0 Å². The summed E-state index contributed by atoms with van der Waals surface area (Å²) in [4.78, 5) is 2.61. The van der Waals surface area contributed by atoms with Crippen molar-refractivity contribution in [2.75, 3.05) is 6.54 Å². The van der Waals surface area contributed by atoms with Crippen molar-refractivity contribution in [3.8, 4) is 11.8 Å². The van der Waals surface area contributed by atoms with Crippen molar-refractivity contribution in [1.29, 1.82) is 0 Å². The number of hydrogen-bond donors (Lipinski definition) is 0. The van der Waals surface area contributed by atoms with E-state index >= 15 is 0 Å². The van der Waals surface area contributed by atoms with Crippen molar-refractivity contribution in [2.45, 2.75) is 19.8 Å². The lowest BCUT2D eigenvalue weighted by molar-refractivity contribution is 0.862. The first-order valence-electron chi connectivity index (χ1n) is 2.82. The smallest absolute Gasteiger partial charge is 0.0266 e. The van der Waals surface area contributed by atoms with Crippen LogP contribution in [0.1, 0.15) is 19.8 Å². The van der Waals surface area contributed by atoms with E-state index < -0.39 is 0 Å². The third kappa shape index (κ3) is 6.87. The van der Waals surface area contributed by atoms with Gasteiger partial charge in [0.05, 0.1) is 0 Å². The Bertz CT molecular complexity index is 157. The van der Waals surface area contributed by atoms with Gasteiger partial charge in [0.1, 0.15) is 0 Å². The highest BCUT2D eigenvalue weighted by atomic mass is 15.1. The highest BCUT2D eigenvalue weighted by Crippen LogP contribution is 1.86. The van der Waals surface area contributed by atoms with Crippen molar-refractivity contribution in [3.63, 3.8) is 0 Å². The van der Waals surface area contributed by atoms with Gasteiger partial charge in [0.2, 0.25) is 0 Å². The van der Waals surface area contributed by atoms with Gasteiger partial charge in [-0.05, 0) is 18.9 Å². The molecule has 0 aromatic heterocycles. The van der Waals surface area contributed by atoms with Crippen LogP contribution in [0.15, 0.2) is 5.11 Å². The van der Waals surface area contributed by atoms with E-state index in [4.69, 9.17) is 5.53 Å². The van der Waals surface area contributed by atoms with Gasteiger partial charge < -0.3 is 0 Å². The van der Waals surface area contributed by atoms with Crippen LogP contribution < -0.4 is 0 Å². The van der Waals surface area contributed by atoms with Crippen molar-refractivity contribution in [1.82, 2.24) is 0 Å². The SMILES string of the molecule is CC#CCCCN=[N+]=[N-]. The third-order valence-corrected chi connectivity index (χ3v) is 0.800. The molecule has 0 aliphatic rings. The summed E-state index contributed by atoms with van der Waals surface area (Å²) < 4.78 is 0. The average Bonchev–Trinajstić information content (AvgIpc) is 1.89. The second-order valence-electron chi connectivity index (χ2n) is 1.48. The fourth-order valence-electron chi connectivity index (χ4n) is 0.408. The van der Waals surface area contributed by atoms with Crippen LogP contribution in [-0.4, -0.2) is 6.54 Å². The van der Waals surface area contributed by atoms with E-state index in [0.29, 0.717) is 6.54 Å². The molecular formula is C6H9N3. The minimum absolute atomic E-state index is 0.561. The fourth-order valence-corrected chi connectivity index (χ4v) is 0.408. The molecule has 0 saturated carbocycles. The third-order valence-electron chi connectivity index (χ3n) is 0.800. The molecule has 0 fully saturated rings. The molecule has 0 N–H and O–H groups in total. The van der Waals surface area contributed by atoms with Crippen LogP contribution in [0.2, 0.25) is 0 Å². The molecule has 48 valence electrons. The standard InChI is InChI=1S/C6H9N3/c1-2-3-4-5-6-8-9-7/h4-6H2,1H3. The number of unbranched alkanes of at least 4 members (excludes halogenated alkanes) is 1. The van der Waals surface area contributed by atoms with E-state index in [1.807, 2.05) is 0 Å². The Hall–Kier alpha value is -1.13. The van der Waals surface area contributed by atoms with E-state index in [1.165, 1.54) is 0 Å². The van der Waals surface area contributed by atoms with Crippen LogP contribution >= 0.6 is 0 Å². The minimum Gasteiger partial charge on any atom is -0.107 e. The Labute approximate surface area is 54.7 Å². The Balaban J connectivity index is 3.07. The van der Waals surface area contributed by atoms with E-state index in [-0.39, 0.29) is 0 Å². The van der Waals surface area contributed by atoms with Crippen LogP contribution in [0.3, 0.4) is 0 Å². The number of azide groups is 1. The molecule has 0 aromatic carbocycles. The Morgan fingerprint density at radius 2 is 2.44 bits per heavy atom. The summed E-state index contributed by atoms with van der Waals surface area (Å²) in [7, 11) is 0. The molecule has 0 aromatic rings. The highest BCUT2D eigenvalue weighted by molar-refractivity contribution is 4.94. The zero-order valence-corrected chi connectivity index (χ0v) is 5.46. The zero-order valence-electron chi connectivity index (χ0n) is 5.46. The molecule has 0 atom stereocenters. The first kappa shape index (κ1) is 7.87. The molecule has 0 unspecified atom stereocenters. The van der Waals surface area contributed by atoms with Gasteiger partial charge in [0.25, 0.3) is 0 Å². The van der Waals surface area contributed by atoms with Gasteiger partial charge in [-0.15, -0.1) is 11.8 Å². The Morgan fingerprint density at radius 1 is 1.67 bits per heavy atom. The van der Waals surface area contributed by atoms with E-state index in [0.717, 1.165) is 12.8 Å². The topological polar surface area (TPSA) is 48.8 Å². The quantitative estimate of drug-likeness (QED) is 0.181. The fraction of sp³-hybridized carbons (Fsp3) is 0.667. The number of nitrogens with zero attached hydrogens (tertiary/aromatic N) is 3. The molecule has 0 aliphatic carbocycles. The van der Waals surface area contributed by atoms with E-state index in [9.17, 15) is 0 Å². The molecule has 0 bridgehead atoms. The largest absolute Gasteiger partial charge is 0.107 e. The molecule has 0 saturated heterocycles. The van der Waals surface area contributed by atoms with Gasteiger partial charge in [-0.25, -0.2) is 0 Å². The van der Waals surface area contributed by atoms with Gasteiger partial charge in [-0.3, -0.25) is 0 Å². The Kier molecular flexibility index (Phi) is 6.01. The van der Waals surface area contributed by atoms with Crippen LogP contribution in [0.5, 0.6) is 0 Å². The van der Waals surface area contributed by atoms with Gasteiger partial charge in [0.15, 0.2) is 0 Å². The van der Waals surface area contributed by atoms with Gasteiger partial charge in [-0.1, -0.05) is 5.11 Å². The predicted molar refractivity (Wildman–Crippen MR) is 36.7 cm³/mol. The predicted octanol–water partition coefficient (Wildman–Crippen LogP) is 2.10. The summed E-state index contributed by atoms with van der Waals surface area (Å²) in [5.41, 5.74) is 7.85. The highest BCUT2D eigenvalue weighted by Gasteiger charge is 1.77. The lowest BCUT2D eigenvalue weighted by atomic mass is 10.3. The van der Waals surface area contributed by atoms with Crippen LogP contribution in [0, 0.1) is 11.8 Å². The molecular weight excluding hydrogens is 114 g/mol. The van der Waals surface area contributed by atoms with Crippen LogP contribution in [0.4, 0.5) is 0 Å². The molecule has 0 amide bonds. The first-order valence-corrected chi connectivity index (χ1v) is 2.82. The van der Waals surface area contributed by atoms with Crippen LogP contribution in [0.25, 0.3) is 10.4 Å². The average molecular weight is 123 g/mol. The summed E-state index contributed by atoms with van der Waals surface area (Å²) in [5, 5.41) is 3.36. The molecule has 0 aliphatic heterocycles. The molecule has 9 heavy (non-hydrogen) atoms. The van der Waals surface area contributed by atoms with Crippen molar-refractivity contribution in [2.24, 2.45) is 5.11 Å². The second kappa shape index (κ2) is 6.87. The zero-order chi connectivity index (χ0) is 6.95. The first-order chi connectivity index (χ1) is 4.41. The molecule has 0 spiro atoms. The van der Waals surface area contributed by atoms with E-state index in [1.54, 1.807) is 6.92 Å². The maximum Gasteiger partial charge on any atom is 0.0266 e. The summed E-state index contributed by atoms with van der Waals surface area (Å²) in [6, 6.07) is 0. The van der Waals surface area contributed by atoms with E-state index in [2.05, 4.69) is 21.9 Å². The van der Waals surface area contributed by atoms with Gasteiger partial charge in [-0.2, -0.15) is 0 Å². The molecule has 3 heteroatoms. The monoisotopic (exact) mass is 123 g/mol. The van der Waals surface area contributed by atoms with Gasteiger partial charge >= 0.3 is 0 Å². The number of hydrogen-bond acceptors (Lipinski definition) is 1. The summed E-state index contributed by atoms with van der Waals surface area (Å²) >= 11 is 0. The lowest BCUT2D eigenvalue weighted by Gasteiger charge is -1.81. The Morgan fingerprint density at radius 3 is 3.00 bits per heavy atom. The lowest BCUT2D eigenvalue weighted by Crippen LogP contribution is -1.75. The van der Waals surface area contributed by atoms with Crippen molar-refractivity contribution >= 4 is 0 Å². The van der Waals surface area contributed by atoms with Gasteiger partial charge in [0, 0.05) is 17.9 Å². The van der Waals surface area contributed by atoms with Crippen molar-refractivity contribution in [3.05, 3.63) is 10.4 Å². The normalized spacial score (nSPS) is 6.78. The van der Waals surface area contributed by atoms with Crippen LogP contribution in [-0.2, 0) is 0 Å². The molecule has 3 nitrogen and oxygen atoms in total.